The van der Waals surface area contributed by atoms with E-state index in [0.717, 1.165) is 5.56 Å². The van der Waals surface area contributed by atoms with Gasteiger partial charge in [0.15, 0.2) is 0 Å². The van der Waals surface area contributed by atoms with E-state index in [1.165, 1.54) is 12.1 Å². The molecule has 0 saturated carbocycles. The van der Waals surface area contributed by atoms with Crippen LogP contribution in [0.4, 0.5) is 13.2 Å². The first-order chi connectivity index (χ1) is 9.85. The van der Waals surface area contributed by atoms with Gasteiger partial charge in [-0.2, -0.15) is 13.2 Å². The average molecular weight is 319 g/mol. The first-order valence-electron chi connectivity index (χ1n) is 6.03. The van der Waals surface area contributed by atoms with E-state index >= 15 is 0 Å². The average Bonchev–Trinajstić information content (AvgIpc) is 2.84. The summed E-state index contributed by atoms with van der Waals surface area (Å²) >= 11 is 4.79. The molecule has 1 aliphatic rings. The van der Waals surface area contributed by atoms with Crippen LogP contribution in [-0.2, 0) is 4.84 Å². The normalized spacial score (nSPS) is 18.0. The SMILES string of the molecule is O=C(NCCC(F)(F)F)c1ccc(C2NOC(=S)N2)cc1. The van der Waals surface area contributed by atoms with Crippen LogP contribution in [0.3, 0.4) is 0 Å². The Hall–Kier alpha value is -1.87. The quantitative estimate of drug-likeness (QED) is 0.739. The van der Waals surface area contributed by atoms with Gasteiger partial charge in [-0.15, -0.1) is 5.48 Å². The van der Waals surface area contributed by atoms with Crippen molar-refractivity contribution in [3.63, 3.8) is 0 Å². The third kappa shape index (κ3) is 4.57. The fourth-order valence-electron chi connectivity index (χ4n) is 1.69. The summed E-state index contributed by atoms with van der Waals surface area (Å²) in [5.41, 5.74) is 3.70. The molecule has 0 spiro atoms. The summed E-state index contributed by atoms with van der Waals surface area (Å²) in [5.74, 6) is -0.551. The van der Waals surface area contributed by atoms with Gasteiger partial charge in [-0.05, 0) is 29.9 Å². The van der Waals surface area contributed by atoms with Crippen LogP contribution in [0.2, 0.25) is 0 Å². The van der Waals surface area contributed by atoms with E-state index in [9.17, 15) is 18.0 Å². The summed E-state index contributed by atoms with van der Waals surface area (Å²) in [6, 6.07) is 6.34. The molecule has 114 valence electrons. The molecule has 5 nitrogen and oxygen atoms in total. The summed E-state index contributed by atoms with van der Waals surface area (Å²) in [6.07, 6.45) is -5.66. The maximum Gasteiger partial charge on any atom is 0.390 e. The van der Waals surface area contributed by atoms with E-state index in [1.54, 1.807) is 12.1 Å². The summed E-state index contributed by atoms with van der Waals surface area (Å²) in [6.45, 7) is -0.446. The number of rotatable bonds is 4. The zero-order valence-corrected chi connectivity index (χ0v) is 11.5. The summed E-state index contributed by atoms with van der Waals surface area (Å²) in [7, 11) is 0. The highest BCUT2D eigenvalue weighted by atomic mass is 32.1. The summed E-state index contributed by atoms with van der Waals surface area (Å²) < 4.78 is 35.9. The Balaban J connectivity index is 1.89. The lowest BCUT2D eigenvalue weighted by Crippen LogP contribution is -2.28. The lowest BCUT2D eigenvalue weighted by atomic mass is 10.1. The Labute approximate surface area is 123 Å². The van der Waals surface area contributed by atoms with E-state index in [-0.39, 0.29) is 16.9 Å². The molecule has 9 heteroatoms. The van der Waals surface area contributed by atoms with Gasteiger partial charge in [0.2, 0.25) is 0 Å². The fraction of sp³-hybridized carbons (Fsp3) is 0.333. The molecule has 1 saturated heterocycles. The van der Waals surface area contributed by atoms with Crippen LogP contribution in [0.5, 0.6) is 0 Å². The van der Waals surface area contributed by atoms with E-state index in [0.29, 0.717) is 0 Å². The number of hydrogen-bond donors (Lipinski definition) is 3. The summed E-state index contributed by atoms with van der Waals surface area (Å²) in [5, 5.41) is 5.27. The molecule has 1 amide bonds. The molecule has 0 bridgehead atoms. The first kappa shape index (κ1) is 15.5. The number of alkyl halides is 3. The molecule has 1 aliphatic heterocycles. The molecule has 1 atom stereocenters. The van der Waals surface area contributed by atoms with E-state index in [4.69, 9.17) is 17.1 Å². The largest absolute Gasteiger partial charge is 0.390 e. The Kier molecular flexibility index (Phi) is 4.63. The minimum absolute atomic E-state index is 0.217. The maximum absolute atomic E-state index is 12.0. The Morgan fingerprint density at radius 1 is 1.33 bits per heavy atom. The molecule has 2 rings (SSSR count). The second kappa shape index (κ2) is 6.27. The highest BCUT2D eigenvalue weighted by molar-refractivity contribution is 7.80. The molecule has 3 N–H and O–H groups in total. The highest BCUT2D eigenvalue weighted by Gasteiger charge is 2.26. The smallest absolute Gasteiger partial charge is 0.376 e. The van der Waals surface area contributed by atoms with Crippen molar-refractivity contribution in [2.24, 2.45) is 0 Å². The van der Waals surface area contributed by atoms with Crippen LogP contribution in [0, 0.1) is 0 Å². The third-order valence-corrected chi connectivity index (χ3v) is 2.93. The molecule has 0 aliphatic carbocycles. The predicted molar refractivity (Wildman–Crippen MR) is 72.1 cm³/mol. The van der Waals surface area contributed by atoms with Crippen LogP contribution in [0.15, 0.2) is 24.3 Å². The number of hydrogen-bond acceptors (Lipinski definition) is 4. The third-order valence-electron chi connectivity index (χ3n) is 2.73. The molecule has 1 aromatic carbocycles. The number of benzene rings is 1. The molecular weight excluding hydrogens is 307 g/mol. The number of carbonyl (C=O) groups is 1. The maximum atomic E-state index is 12.0. The van der Waals surface area contributed by atoms with Crippen molar-refractivity contribution in [1.29, 1.82) is 0 Å². The fourth-order valence-corrected chi connectivity index (χ4v) is 1.85. The number of hydroxylamine groups is 1. The van der Waals surface area contributed by atoms with Crippen LogP contribution < -0.4 is 16.1 Å². The summed E-state index contributed by atoms with van der Waals surface area (Å²) in [4.78, 5) is 16.5. The van der Waals surface area contributed by atoms with Gasteiger partial charge in [-0.25, -0.2) is 0 Å². The number of thiocarbonyl (C=S) groups is 1. The van der Waals surface area contributed by atoms with Gasteiger partial charge in [0.25, 0.3) is 11.1 Å². The molecule has 1 fully saturated rings. The van der Waals surface area contributed by atoms with Crippen molar-refractivity contribution in [3.05, 3.63) is 35.4 Å². The number of carbonyl (C=O) groups excluding carboxylic acids is 1. The zero-order valence-electron chi connectivity index (χ0n) is 10.7. The van der Waals surface area contributed by atoms with Gasteiger partial charge in [0.05, 0.1) is 6.42 Å². The lowest BCUT2D eigenvalue weighted by molar-refractivity contribution is -0.132. The van der Waals surface area contributed by atoms with Gasteiger partial charge >= 0.3 is 6.18 Å². The van der Waals surface area contributed by atoms with Crippen molar-refractivity contribution in [2.45, 2.75) is 18.8 Å². The first-order valence-corrected chi connectivity index (χ1v) is 6.44. The van der Waals surface area contributed by atoms with Crippen molar-refractivity contribution >= 4 is 23.3 Å². The lowest BCUT2D eigenvalue weighted by Gasteiger charge is -2.10. The van der Waals surface area contributed by atoms with E-state index in [1.807, 2.05) is 0 Å². The highest BCUT2D eigenvalue weighted by Crippen LogP contribution is 2.18. The molecule has 21 heavy (non-hydrogen) atoms. The van der Waals surface area contributed by atoms with E-state index < -0.39 is 25.0 Å². The van der Waals surface area contributed by atoms with Crippen LogP contribution in [0.1, 0.15) is 28.5 Å². The zero-order chi connectivity index (χ0) is 15.5. The number of amides is 1. The minimum atomic E-state index is -4.28. The van der Waals surface area contributed by atoms with Crippen molar-refractivity contribution in [2.75, 3.05) is 6.54 Å². The Morgan fingerprint density at radius 3 is 2.52 bits per heavy atom. The molecule has 1 unspecified atom stereocenters. The topological polar surface area (TPSA) is 62.4 Å². The molecule has 0 aromatic heterocycles. The second-order valence-electron chi connectivity index (χ2n) is 4.33. The Bertz CT molecular complexity index is 534. The van der Waals surface area contributed by atoms with Crippen LogP contribution >= 0.6 is 12.2 Å². The van der Waals surface area contributed by atoms with Crippen molar-refractivity contribution < 1.29 is 22.8 Å². The van der Waals surface area contributed by atoms with E-state index in [2.05, 4.69) is 16.1 Å². The molecule has 1 aromatic rings. The van der Waals surface area contributed by atoms with Gasteiger partial charge < -0.3 is 15.5 Å². The van der Waals surface area contributed by atoms with Gasteiger partial charge in [0, 0.05) is 12.1 Å². The standard InChI is InChI=1S/C12H12F3N3O2S/c13-12(14,15)5-6-16-10(19)8-3-1-7(2-4-8)9-17-11(21)20-18-9/h1-4,9,18H,5-6H2,(H,16,19)(H,17,21). The van der Waals surface area contributed by atoms with Crippen LogP contribution in [0.25, 0.3) is 0 Å². The Morgan fingerprint density at radius 2 is 2.00 bits per heavy atom. The van der Waals surface area contributed by atoms with Gasteiger partial charge in [-0.1, -0.05) is 12.1 Å². The van der Waals surface area contributed by atoms with Crippen LogP contribution in [-0.4, -0.2) is 23.8 Å². The van der Waals surface area contributed by atoms with Gasteiger partial charge in [-0.3, -0.25) is 4.79 Å². The van der Waals surface area contributed by atoms with Crippen molar-refractivity contribution in [1.82, 2.24) is 16.1 Å². The minimum Gasteiger partial charge on any atom is -0.376 e. The monoisotopic (exact) mass is 319 g/mol. The predicted octanol–water partition coefficient (Wildman–Crippen LogP) is 1.78. The number of nitrogens with one attached hydrogen (secondary N) is 3. The molecular formula is C12H12F3N3O2S. The van der Waals surface area contributed by atoms with Gasteiger partial charge in [0.1, 0.15) is 6.17 Å². The second-order valence-corrected chi connectivity index (χ2v) is 4.70. The number of halogens is 3. The molecule has 0 radical (unpaired) electrons. The van der Waals surface area contributed by atoms with Crippen molar-refractivity contribution in [3.8, 4) is 0 Å². The molecule has 1 heterocycles.